The van der Waals surface area contributed by atoms with Crippen molar-refractivity contribution >= 4 is 17.8 Å². The van der Waals surface area contributed by atoms with Gasteiger partial charge < -0.3 is 15.4 Å². The molecule has 1 aliphatic carbocycles. The molecular formula is C18H22F2N2O4. The lowest BCUT2D eigenvalue weighted by Crippen LogP contribution is -2.56. The minimum Gasteiger partial charge on any atom is -0.467 e. The molecule has 1 aromatic carbocycles. The third-order valence-electron chi connectivity index (χ3n) is 4.48. The Labute approximate surface area is 150 Å². The number of hydrogen-bond donors (Lipinski definition) is 2. The molecule has 0 aliphatic heterocycles. The van der Waals surface area contributed by atoms with Crippen LogP contribution in [0.15, 0.2) is 18.2 Å². The van der Waals surface area contributed by atoms with Crippen molar-refractivity contribution in [1.29, 1.82) is 0 Å². The highest BCUT2D eigenvalue weighted by atomic mass is 19.1. The van der Waals surface area contributed by atoms with Gasteiger partial charge in [-0.3, -0.25) is 9.59 Å². The number of rotatable bonds is 6. The van der Waals surface area contributed by atoms with Gasteiger partial charge in [0.05, 0.1) is 12.7 Å². The number of benzene rings is 1. The van der Waals surface area contributed by atoms with Crippen LogP contribution in [0.2, 0.25) is 0 Å². The van der Waals surface area contributed by atoms with E-state index in [4.69, 9.17) is 4.74 Å². The van der Waals surface area contributed by atoms with Gasteiger partial charge in [-0.2, -0.15) is 0 Å². The van der Waals surface area contributed by atoms with Crippen LogP contribution in [0.3, 0.4) is 0 Å². The fourth-order valence-electron chi connectivity index (χ4n) is 3.12. The van der Waals surface area contributed by atoms with E-state index in [1.165, 1.54) is 7.11 Å². The first-order chi connectivity index (χ1) is 12.4. The van der Waals surface area contributed by atoms with E-state index in [1.54, 1.807) is 0 Å². The molecule has 0 saturated heterocycles. The van der Waals surface area contributed by atoms with Gasteiger partial charge in [0.1, 0.15) is 17.2 Å². The second kappa shape index (κ2) is 8.73. The molecule has 0 atom stereocenters. The fraction of sp³-hybridized carbons (Fsp3) is 0.500. The maximum Gasteiger partial charge on any atom is 0.331 e. The van der Waals surface area contributed by atoms with Crippen LogP contribution in [0.5, 0.6) is 0 Å². The lowest BCUT2D eigenvalue weighted by Gasteiger charge is -2.35. The molecule has 1 saturated carbocycles. The predicted molar refractivity (Wildman–Crippen MR) is 89.3 cm³/mol. The van der Waals surface area contributed by atoms with E-state index < -0.39 is 35.0 Å². The molecule has 1 fully saturated rings. The number of methoxy groups -OCH3 is 1. The summed E-state index contributed by atoms with van der Waals surface area (Å²) in [7, 11) is 1.28. The number of amides is 2. The van der Waals surface area contributed by atoms with Crippen LogP contribution < -0.4 is 10.6 Å². The number of carbonyl (C=O) groups excluding carboxylic acids is 3. The topological polar surface area (TPSA) is 84.5 Å². The number of esters is 1. The molecule has 1 aromatic rings. The molecule has 0 bridgehead atoms. The highest BCUT2D eigenvalue weighted by molar-refractivity contribution is 5.94. The van der Waals surface area contributed by atoms with Crippen LogP contribution >= 0.6 is 0 Å². The summed E-state index contributed by atoms with van der Waals surface area (Å²) in [5.74, 6) is -3.37. The van der Waals surface area contributed by atoms with E-state index in [2.05, 4.69) is 10.6 Å². The van der Waals surface area contributed by atoms with E-state index in [0.717, 1.165) is 31.4 Å². The Bertz CT molecular complexity index is 688. The van der Waals surface area contributed by atoms with Gasteiger partial charge in [-0.1, -0.05) is 19.3 Å². The lowest BCUT2D eigenvalue weighted by molar-refractivity contribution is -0.152. The molecule has 0 spiro atoms. The van der Waals surface area contributed by atoms with E-state index in [0.29, 0.717) is 18.9 Å². The van der Waals surface area contributed by atoms with Gasteiger partial charge in [-0.05, 0) is 25.0 Å². The maximum atomic E-state index is 13.5. The summed E-state index contributed by atoms with van der Waals surface area (Å²) in [6.07, 6.45) is 3.57. The number of nitrogens with one attached hydrogen (secondary N) is 2. The first-order valence-corrected chi connectivity index (χ1v) is 8.50. The molecule has 2 amide bonds. The van der Waals surface area contributed by atoms with E-state index in [9.17, 15) is 23.2 Å². The van der Waals surface area contributed by atoms with Crippen LogP contribution in [0, 0.1) is 11.6 Å². The molecule has 1 aliphatic rings. The van der Waals surface area contributed by atoms with Crippen LogP contribution in [0.4, 0.5) is 8.78 Å². The van der Waals surface area contributed by atoms with Gasteiger partial charge in [-0.15, -0.1) is 0 Å². The SMILES string of the molecule is COC(=O)C1(NC(=O)CCNC(=O)c2ccc(F)cc2F)CCCCC1. The Morgan fingerprint density at radius 3 is 2.46 bits per heavy atom. The fourth-order valence-corrected chi connectivity index (χ4v) is 3.12. The second-order valence-electron chi connectivity index (χ2n) is 6.31. The Morgan fingerprint density at radius 1 is 1.15 bits per heavy atom. The Hall–Kier alpha value is -2.51. The van der Waals surface area contributed by atoms with Gasteiger partial charge in [0.2, 0.25) is 5.91 Å². The summed E-state index contributed by atoms with van der Waals surface area (Å²) < 4.78 is 31.2. The quantitative estimate of drug-likeness (QED) is 0.753. The van der Waals surface area contributed by atoms with Crippen LogP contribution in [-0.4, -0.2) is 37.0 Å². The molecule has 0 unspecified atom stereocenters. The molecule has 8 heteroatoms. The first-order valence-electron chi connectivity index (χ1n) is 8.50. The summed E-state index contributed by atoms with van der Waals surface area (Å²) in [5.41, 5.74) is -1.32. The first kappa shape index (κ1) is 19.8. The zero-order valence-electron chi connectivity index (χ0n) is 14.6. The Balaban J connectivity index is 1.87. The molecule has 2 rings (SSSR count). The standard InChI is InChI=1S/C18H22F2N2O4/c1-26-17(25)18(8-3-2-4-9-18)22-15(23)7-10-21-16(24)13-6-5-12(19)11-14(13)20/h5-6,11H,2-4,7-10H2,1H3,(H,21,24)(H,22,23). The molecular weight excluding hydrogens is 346 g/mol. The molecule has 0 heterocycles. The summed E-state index contributed by atoms with van der Waals surface area (Å²) in [6.45, 7) is -0.0429. The van der Waals surface area contributed by atoms with E-state index in [1.807, 2.05) is 0 Å². The van der Waals surface area contributed by atoms with Gasteiger partial charge >= 0.3 is 5.97 Å². The van der Waals surface area contributed by atoms with Crippen molar-refractivity contribution in [2.75, 3.05) is 13.7 Å². The molecule has 0 aromatic heterocycles. The van der Waals surface area contributed by atoms with Crippen molar-refractivity contribution in [2.24, 2.45) is 0 Å². The summed E-state index contributed by atoms with van der Waals surface area (Å²) >= 11 is 0. The van der Waals surface area contributed by atoms with E-state index in [-0.39, 0.29) is 18.5 Å². The Morgan fingerprint density at radius 2 is 1.85 bits per heavy atom. The number of ether oxygens (including phenoxy) is 1. The van der Waals surface area contributed by atoms with Crippen molar-refractivity contribution in [3.8, 4) is 0 Å². The zero-order valence-corrected chi connectivity index (χ0v) is 14.6. The average molecular weight is 368 g/mol. The summed E-state index contributed by atoms with van der Waals surface area (Å²) in [6, 6.07) is 2.63. The second-order valence-corrected chi connectivity index (χ2v) is 6.31. The molecule has 142 valence electrons. The van der Waals surface area contributed by atoms with Gasteiger partial charge in [0.25, 0.3) is 5.91 Å². The maximum absolute atomic E-state index is 13.5. The number of halogens is 2. The number of hydrogen-bond acceptors (Lipinski definition) is 4. The van der Waals surface area contributed by atoms with Crippen LogP contribution in [-0.2, 0) is 14.3 Å². The predicted octanol–water partition coefficient (Wildman–Crippen LogP) is 2.08. The van der Waals surface area contributed by atoms with Crippen molar-refractivity contribution in [2.45, 2.75) is 44.1 Å². The van der Waals surface area contributed by atoms with Crippen molar-refractivity contribution in [1.82, 2.24) is 10.6 Å². The van der Waals surface area contributed by atoms with Crippen molar-refractivity contribution in [3.05, 3.63) is 35.4 Å². The third-order valence-corrected chi connectivity index (χ3v) is 4.48. The summed E-state index contributed by atoms with van der Waals surface area (Å²) in [4.78, 5) is 36.1. The van der Waals surface area contributed by atoms with Crippen LogP contribution in [0.25, 0.3) is 0 Å². The van der Waals surface area contributed by atoms with Gasteiger partial charge in [0, 0.05) is 19.0 Å². The minimum absolute atomic E-state index is 0.0429. The smallest absolute Gasteiger partial charge is 0.331 e. The van der Waals surface area contributed by atoms with Gasteiger partial charge in [0.15, 0.2) is 0 Å². The highest BCUT2D eigenvalue weighted by Crippen LogP contribution is 2.29. The zero-order chi connectivity index (χ0) is 19.2. The molecule has 26 heavy (non-hydrogen) atoms. The molecule has 0 radical (unpaired) electrons. The van der Waals surface area contributed by atoms with Gasteiger partial charge in [-0.25, -0.2) is 13.6 Å². The van der Waals surface area contributed by atoms with Crippen molar-refractivity contribution < 1.29 is 27.9 Å². The lowest BCUT2D eigenvalue weighted by atomic mass is 9.81. The Kier molecular flexibility index (Phi) is 6.65. The average Bonchev–Trinajstić information content (AvgIpc) is 2.61. The normalized spacial score (nSPS) is 15.8. The summed E-state index contributed by atoms with van der Waals surface area (Å²) in [5, 5.41) is 5.13. The molecule has 2 N–H and O–H groups in total. The third kappa shape index (κ3) is 4.77. The minimum atomic E-state index is -1.02. The monoisotopic (exact) mass is 368 g/mol. The number of carbonyl (C=O) groups is 3. The highest BCUT2D eigenvalue weighted by Gasteiger charge is 2.41. The molecule has 6 nitrogen and oxygen atoms in total. The van der Waals surface area contributed by atoms with Crippen molar-refractivity contribution in [3.63, 3.8) is 0 Å². The van der Waals surface area contributed by atoms with E-state index >= 15 is 0 Å². The largest absolute Gasteiger partial charge is 0.467 e. The van der Waals surface area contributed by atoms with Crippen LogP contribution in [0.1, 0.15) is 48.9 Å².